The van der Waals surface area contributed by atoms with Gasteiger partial charge in [0, 0.05) is 0 Å². The first-order valence-electron chi connectivity index (χ1n) is 9.83. The minimum Gasteiger partial charge on any atom is -0.487 e. The lowest BCUT2D eigenvalue weighted by Crippen LogP contribution is -2.39. The second-order valence-corrected chi connectivity index (χ2v) is 6.90. The predicted octanol–water partition coefficient (Wildman–Crippen LogP) is -5.03. The molecular formula is C18H32O14. The molecule has 1 aliphatic heterocycles. The van der Waals surface area contributed by atoms with Gasteiger partial charge in [-0.2, -0.15) is 0 Å². The van der Waals surface area contributed by atoms with E-state index < -0.39 is 94.6 Å². The molecule has 14 heteroatoms. The zero-order valence-electron chi connectivity index (χ0n) is 17.4. The number of esters is 1. The molecule has 14 nitrogen and oxygen atoms in total. The van der Waals surface area contributed by atoms with E-state index in [2.05, 4.69) is 0 Å². The summed E-state index contributed by atoms with van der Waals surface area (Å²) in [6, 6.07) is 0. The van der Waals surface area contributed by atoms with E-state index >= 15 is 0 Å². The number of carbonyl (C=O) groups excluding carboxylic acids is 1. The summed E-state index contributed by atoms with van der Waals surface area (Å²) in [4.78, 5) is 12.3. The van der Waals surface area contributed by atoms with Crippen molar-refractivity contribution in [1.29, 1.82) is 0 Å². The van der Waals surface area contributed by atoms with Gasteiger partial charge in [-0.3, -0.25) is 0 Å². The van der Waals surface area contributed by atoms with Gasteiger partial charge in [0.2, 0.25) is 5.76 Å². The fraction of sp³-hybridized carbons (Fsp3) is 0.833. The van der Waals surface area contributed by atoms with Gasteiger partial charge in [0.05, 0.1) is 46.2 Å². The third-order valence-corrected chi connectivity index (χ3v) is 4.03. The zero-order chi connectivity index (χ0) is 24.1. The second kappa shape index (κ2) is 15.3. The van der Waals surface area contributed by atoms with Gasteiger partial charge < -0.3 is 64.5 Å². The molecule has 0 aromatic carbocycles. The molecule has 0 spiro atoms. The topological polar surface area (TPSA) is 225 Å². The van der Waals surface area contributed by atoms with Gasteiger partial charge in [-0.1, -0.05) is 0 Å². The Balaban J connectivity index is 3.07. The maximum Gasteiger partial charge on any atom is 0.378 e. The molecule has 6 atom stereocenters. The molecule has 0 saturated heterocycles. The van der Waals surface area contributed by atoms with Crippen LogP contribution in [-0.4, -0.2) is 143 Å². The smallest absolute Gasteiger partial charge is 0.378 e. The second-order valence-electron chi connectivity index (χ2n) is 6.90. The lowest BCUT2D eigenvalue weighted by atomic mass is 10.1. The van der Waals surface area contributed by atoms with Crippen molar-refractivity contribution in [3.63, 3.8) is 0 Å². The summed E-state index contributed by atoms with van der Waals surface area (Å²) >= 11 is 0. The molecule has 0 aliphatic carbocycles. The Labute approximate surface area is 183 Å². The Kier molecular flexibility index (Phi) is 13.6. The highest BCUT2D eigenvalue weighted by Gasteiger charge is 2.44. The fourth-order valence-corrected chi connectivity index (χ4v) is 2.33. The third-order valence-electron chi connectivity index (χ3n) is 4.03. The largest absolute Gasteiger partial charge is 0.487 e. The van der Waals surface area contributed by atoms with Crippen LogP contribution in [0.5, 0.6) is 0 Å². The first kappa shape index (κ1) is 28.4. The zero-order valence-corrected chi connectivity index (χ0v) is 17.4. The van der Waals surface area contributed by atoms with Crippen LogP contribution in [0.3, 0.4) is 0 Å². The lowest BCUT2D eigenvalue weighted by Gasteiger charge is -2.26. The van der Waals surface area contributed by atoms with Crippen molar-refractivity contribution < 1.29 is 69.3 Å². The summed E-state index contributed by atoms with van der Waals surface area (Å²) in [5.74, 6) is -1.75. The van der Waals surface area contributed by atoms with Crippen LogP contribution in [0.4, 0.5) is 0 Å². The van der Waals surface area contributed by atoms with E-state index in [9.17, 15) is 25.2 Å². The number of ether oxygens (including phenoxy) is 5. The number of aliphatic hydroxyl groups is 8. The van der Waals surface area contributed by atoms with Gasteiger partial charge in [-0.25, -0.2) is 4.79 Å². The molecule has 188 valence electrons. The molecule has 0 aromatic rings. The van der Waals surface area contributed by atoms with Gasteiger partial charge in [-0.05, 0) is 0 Å². The summed E-state index contributed by atoms with van der Waals surface area (Å²) in [6.45, 7) is -4.44. The van der Waals surface area contributed by atoms with Crippen molar-refractivity contribution in [3.8, 4) is 0 Å². The van der Waals surface area contributed by atoms with Crippen molar-refractivity contribution in [2.24, 2.45) is 0 Å². The first-order chi connectivity index (χ1) is 15.3. The predicted molar refractivity (Wildman–Crippen MR) is 102 cm³/mol. The van der Waals surface area contributed by atoms with Gasteiger partial charge in [-0.15, -0.1) is 0 Å². The normalized spacial score (nSPS) is 21.1. The lowest BCUT2D eigenvalue weighted by molar-refractivity contribution is -0.157. The van der Waals surface area contributed by atoms with E-state index in [4.69, 9.17) is 44.1 Å². The van der Waals surface area contributed by atoms with E-state index in [0.717, 1.165) is 0 Å². The number of carbonyl (C=O) groups is 1. The van der Waals surface area contributed by atoms with Gasteiger partial charge in [0.15, 0.2) is 11.9 Å². The molecule has 1 heterocycles. The molecule has 1 rings (SSSR count). The van der Waals surface area contributed by atoms with Gasteiger partial charge in [0.1, 0.15) is 43.7 Å². The van der Waals surface area contributed by atoms with E-state index in [-0.39, 0.29) is 19.0 Å². The van der Waals surface area contributed by atoms with Crippen molar-refractivity contribution in [2.75, 3.05) is 59.5 Å². The Bertz CT molecular complexity index is 570. The van der Waals surface area contributed by atoms with Crippen LogP contribution in [0, 0.1) is 0 Å². The highest BCUT2D eigenvalue weighted by atomic mass is 16.6. The van der Waals surface area contributed by atoms with E-state index in [1.54, 1.807) is 0 Å². The maximum atomic E-state index is 12.3. The number of rotatable bonds is 18. The van der Waals surface area contributed by atoms with Crippen molar-refractivity contribution in [2.45, 2.75) is 36.6 Å². The summed E-state index contributed by atoms with van der Waals surface area (Å²) in [5.41, 5.74) is 0. The van der Waals surface area contributed by atoms with Crippen molar-refractivity contribution >= 4 is 5.97 Å². The molecule has 0 aromatic heterocycles. The summed E-state index contributed by atoms with van der Waals surface area (Å²) < 4.78 is 26.5. The minimum absolute atomic E-state index is 0.262. The number of aliphatic hydroxyl groups excluding tert-OH is 8. The Morgan fingerprint density at radius 1 is 0.719 bits per heavy atom. The maximum absolute atomic E-state index is 12.3. The van der Waals surface area contributed by atoms with Crippen LogP contribution in [-0.2, 0) is 28.5 Å². The fourth-order valence-electron chi connectivity index (χ4n) is 2.33. The Hall–Kier alpha value is -1.59. The van der Waals surface area contributed by atoms with Crippen LogP contribution in [0.15, 0.2) is 11.5 Å². The molecule has 0 fully saturated rings. The molecule has 0 saturated carbocycles. The van der Waals surface area contributed by atoms with E-state index in [1.165, 1.54) is 0 Å². The monoisotopic (exact) mass is 472 g/mol. The minimum atomic E-state index is -1.33. The van der Waals surface area contributed by atoms with Crippen LogP contribution in [0.1, 0.15) is 0 Å². The molecule has 0 amide bonds. The first-order valence-corrected chi connectivity index (χ1v) is 9.83. The summed E-state index contributed by atoms with van der Waals surface area (Å²) in [5, 5.41) is 73.9. The third kappa shape index (κ3) is 9.50. The van der Waals surface area contributed by atoms with Crippen molar-refractivity contribution in [3.05, 3.63) is 11.5 Å². The average Bonchev–Trinajstić information content (AvgIpc) is 3.11. The quantitative estimate of drug-likeness (QED) is 0.0874. The van der Waals surface area contributed by atoms with Gasteiger partial charge in [0.25, 0.3) is 0 Å². The highest BCUT2D eigenvalue weighted by molar-refractivity contribution is 5.89. The molecule has 0 radical (unpaired) electrons. The Morgan fingerprint density at radius 3 is 1.78 bits per heavy atom. The molecular weight excluding hydrogens is 440 g/mol. The number of cyclic esters (lactones) is 1. The standard InChI is InChI=1S/C18H32O14/c19-1-10(23)5-28-9-14(29-6-11(24)2-20)15-16(30-7-12(25)3-21)17(18(27)32-15)31-8-13(26)4-22/h10-15,19-26H,1-9H2/t10?,11?,12?,13?,14-,15+/m0/s1. The van der Waals surface area contributed by atoms with Crippen LogP contribution < -0.4 is 0 Å². The molecule has 0 bridgehead atoms. The molecule has 8 N–H and O–H groups in total. The SMILES string of the molecule is O=C1O[C@H]([C@H](COCC(O)CO)OCC(O)CO)C(OCC(O)CO)=C1OCC(O)CO. The molecule has 4 unspecified atom stereocenters. The summed E-state index contributed by atoms with van der Waals surface area (Å²) in [6.07, 6.45) is -7.56. The summed E-state index contributed by atoms with van der Waals surface area (Å²) in [7, 11) is 0. The Morgan fingerprint density at radius 2 is 1.22 bits per heavy atom. The highest BCUT2D eigenvalue weighted by Crippen LogP contribution is 2.29. The van der Waals surface area contributed by atoms with Crippen LogP contribution in [0.25, 0.3) is 0 Å². The van der Waals surface area contributed by atoms with Crippen LogP contribution >= 0.6 is 0 Å². The van der Waals surface area contributed by atoms with Gasteiger partial charge >= 0.3 is 5.97 Å². The van der Waals surface area contributed by atoms with E-state index in [1.807, 2.05) is 0 Å². The van der Waals surface area contributed by atoms with E-state index in [0.29, 0.717) is 0 Å². The number of hydrogen-bond donors (Lipinski definition) is 8. The molecule has 32 heavy (non-hydrogen) atoms. The van der Waals surface area contributed by atoms with Crippen molar-refractivity contribution in [1.82, 2.24) is 0 Å². The number of hydrogen-bond acceptors (Lipinski definition) is 14. The average molecular weight is 472 g/mol. The van der Waals surface area contributed by atoms with Crippen LogP contribution in [0.2, 0.25) is 0 Å². The molecule has 1 aliphatic rings.